The Kier molecular flexibility index (Phi) is 3.62. The minimum Gasteiger partial charge on any atom is -0.465 e. The summed E-state index contributed by atoms with van der Waals surface area (Å²) in [5, 5.41) is 12.1. The van der Waals surface area contributed by atoms with Crippen LogP contribution in [0.4, 0.5) is 0 Å². The molecule has 17 heavy (non-hydrogen) atoms. The Hall–Kier alpha value is -1.57. The zero-order chi connectivity index (χ0) is 12.3. The Bertz CT molecular complexity index is 536. The van der Waals surface area contributed by atoms with E-state index in [2.05, 4.69) is 18.3 Å². The van der Waals surface area contributed by atoms with Crippen molar-refractivity contribution >= 4 is 11.3 Å². The van der Waals surface area contributed by atoms with Crippen LogP contribution in [0.2, 0.25) is 0 Å². The van der Waals surface area contributed by atoms with Crippen LogP contribution in [-0.2, 0) is 6.54 Å². The minimum absolute atomic E-state index is 0.177. The van der Waals surface area contributed by atoms with Gasteiger partial charge in [-0.15, -0.1) is 11.3 Å². The van der Waals surface area contributed by atoms with E-state index in [1.807, 2.05) is 31.2 Å². The van der Waals surface area contributed by atoms with Gasteiger partial charge >= 0.3 is 0 Å². The number of rotatable bonds is 4. The molecule has 2 heterocycles. The van der Waals surface area contributed by atoms with Crippen molar-refractivity contribution in [1.29, 1.82) is 5.26 Å². The van der Waals surface area contributed by atoms with Gasteiger partial charge in [-0.05, 0) is 38.1 Å². The molecule has 0 aromatic carbocycles. The molecule has 3 nitrogen and oxygen atoms in total. The Morgan fingerprint density at radius 2 is 2.24 bits per heavy atom. The van der Waals surface area contributed by atoms with Gasteiger partial charge in [0.05, 0.1) is 6.04 Å². The molecule has 0 radical (unpaired) electrons. The first-order chi connectivity index (χ1) is 8.19. The Morgan fingerprint density at radius 3 is 2.82 bits per heavy atom. The molecule has 1 atom stereocenters. The first-order valence-electron chi connectivity index (χ1n) is 5.47. The molecule has 2 rings (SSSR count). The molecule has 0 fully saturated rings. The third-order valence-electron chi connectivity index (χ3n) is 2.54. The number of nitrogens with one attached hydrogen (secondary N) is 1. The lowest BCUT2D eigenvalue weighted by molar-refractivity contribution is 0.416. The summed E-state index contributed by atoms with van der Waals surface area (Å²) in [5.74, 6) is 1.87. The summed E-state index contributed by atoms with van der Waals surface area (Å²) < 4.78 is 5.55. The van der Waals surface area contributed by atoms with Gasteiger partial charge in [0.15, 0.2) is 0 Å². The fourth-order valence-electron chi connectivity index (χ4n) is 1.57. The number of thiophene rings is 1. The van der Waals surface area contributed by atoms with Crippen molar-refractivity contribution in [2.45, 2.75) is 26.4 Å². The smallest absolute Gasteiger partial charge is 0.120 e. The van der Waals surface area contributed by atoms with Crippen molar-refractivity contribution in [3.63, 3.8) is 0 Å². The lowest BCUT2D eigenvalue weighted by atomic mass is 10.2. The van der Waals surface area contributed by atoms with Gasteiger partial charge in [0.25, 0.3) is 0 Å². The van der Waals surface area contributed by atoms with Gasteiger partial charge in [0.2, 0.25) is 0 Å². The molecule has 0 aliphatic rings. The van der Waals surface area contributed by atoms with E-state index in [9.17, 15) is 0 Å². The van der Waals surface area contributed by atoms with Crippen LogP contribution in [0.15, 0.2) is 28.7 Å². The van der Waals surface area contributed by atoms with Gasteiger partial charge in [0.1, 0.15) is 22.5 Å². The number of hydrogen-bond donors (Lipinski definition) is 1. The van der Waals surface area contributed by atoms with Gasteiger partial charge in [-0.2, -0.15) is 5.26 Å². The molecule has 0 aliphatic carbocycles. The normalized spacial score (nSPS) is 12.3. The molecule has 0 saturated heterocycles. The third-order valence-corrected chi connectivity index (χ3v) is 3.53. The van der Waals surface area contributed by atoms with Crippen LogP contribution in [0.25, 0.3) is 0 Å². The van der Waals surface area contributed by atoms with Gasteiger partial charge in [-0.25, -0.2) is 0 Å². The van der Waals surface area contributed by atoms with E-state index in [4.69, 9.17) is 9.68 Å². The van der Waals surface area contributed by atoms with Gasteiger partial charge in [-0.1, -0.05) is 0 Å². The number of nitriles is 1. The van der Waals surface area contributed by atoms with Crippen LogP contribution in [-0.4, -0.2) is 0 Å². The first kappa shape index (κ1) is 11.9. The number of hydrogen-bond acceptors (Lipinski definition) is 4. The molecule has 0 saturated carbocycles. The predicted octanol–water partition coefficient (Wildman–Crippen LogP) is 3.37. The second-order valence-electron chi connectivity index (χ2n) is 3.93. The maximum atomic E-state index is 8.73. The van der Waals surface area contributed by atoms with Crippen LogP contribution in [0.1, 0.15) is 34.2 Å². The second kappa shape index (κ2) is 5.17. The SMILES string of the molecule is Cc1ccc(C(C)NCc2ccc(C#N)s2)o1. The molecular formula is C13H14N2OS. The molecule has 1 N–H and O–H groups in total. The molecule has 0 bridgehead atoms. The standard InChI is InChI=1S/C13H14N2OS/c1-9-3-6-13(16-9)10(2)15-8-12-5-4-11(7-14)17-12/h3-6,10,15H,8H2,1-2H3. The van der Waals surface area contributed by atoms with Crippen molar-refractivity contribution in [2.75, 3.05) is 0 Å². The molecule has 2 aromatic heterocycles. The van der Waals surface area contributed by atoms with Gasteiger partial charge in [-0.3, -0.25) is 0 Å². The van der Waals surface area contributed by atoms with Crippen molar-refractivity contribution in [3.05, 3.63) is 45.5 Å². The molecular weight excluding hydrogens is 232 g/mol. The van der Waals surface area contributed by atoms with E-state index in [0.717, 1.165) is 27.8 Å². The number of aryl methyl sites for hydroxylation is 1. The molecule has 0 spiro atoms. The van der Waals surface area contributed by atoms with Crippen LogP contribution < -0.4 is 5.32 Å². The average molecular weight is 246 g/mol. The summed E-state index contributed by atoms with van der Waals surface area (Å²) in [5.41, 5.74) is 0. The van der Waals surface area contributed by atoms with E-state index in [0.29, 0.717) is 0 Å². The van der Waals surface area contributed by atoms with Gasteiger partial charge < -0.3 is 9.73 Å². The maximum absolute atomic E-state index is 8.73. The minimum atomic E-state index is 0.177. The highest BCUT2D eigenvalue weighted by Crippen LogP contribution is 2.19. The quantitative estimate of drug-likeness (QED) is 0.899. The van der Waals surface area contributed by atoms with Crippen LogP contribution in [0.3, 0.4) is 0 Å². The van der Waals surface area contributed by atoms with Crippen molar-refractivity contribution < 1.29 is 4.42 Å². The van der Waals surface area contributed by atoms with Crippen LogP contribution >= 0.6 is 11.3 Å². The fourth-order valence-corrected chi connectivity index (χ4v) is 2.33. The monoisotopic (exact) mass is 246 g/mol. The van der Waals surface area contributed by atoms with Gasteiger partial charge in [0, 0.05) is 11.4 Å². The van der Waals surface area contributed by atoms with E-state index >= 15 is 0 Å². The Balaban J connectivity index is 1.92. The van der Waals surface area contributed by atoms with E-state index in [-0.39, 0.29) is 6.04 Å². The van der Waals surface area contributed by atoms with Crippen LogP contribution in [0.5, 0.6) is 0 Å². The zero-order valence-electron chi connectivity index (χ0n) is 9.86. The van der Waals surface area contributed by atoms with E-state index in [1.54, 1.807) is 0 Å². The topological polar surface area (TPSA) is 49.0 Å². The number of furan rings is 1. The summed E-state index contributed by atoms with van der Waals surface area (Å²) >= 11 is 1.52. The van der Waals surface area contributed by atoms with Crippen molar-refractivity contribution in [1.82, 2.24) is 5.32 Å². The first-order valence-corrected chi connectivity index (χ1v) is 6.29. The number of nitrogens with zero attached hydrogens (tertiary/aromatic N) is 1. The highest BCUT2D eigenvalue weighted by atomic mass is 32.1. The lowest BCUT2D eigenvalue weighted by Gasteiger charge is -2.09. The van der Waals surface area contributed by atoms with E-state index < -0.39 is 0 Å². The summed E-state index contributed by atoms with van der Waals surface area (Å²) in [6.45, 7) is 4.76. The second-order valence-corrected chi connectivity index (χ2v) is 5.10. The summed E-state index contributed by atoms with van der Waals surface area (Å²) in [4.78, 5) is 1.92. The maximum Gasteiger partial charge on any atom is 0.120 e. The third kappa shape index (κ3) is 2.96. The summed E-state index contributed by atoms with van der Waals surface area (Å²) in [6, 6.07) is 10.1. The fraction of sp³-hybridized carbons (Fsp3) is 0.308. The zero-order valence-corrected chi connectivity index (χ0v) is 10.7. The highest BCUT2D eigenvalue weighted by Gasteiger charge is 2.09. The molecule has 1 unspecified atom stereocenters. The average Bonchev–Trinajstić information content (AvgIpc) is 2.94. The van der Waals surface area contributed by atoms with Crippen molar-refractivity contribution in [3.8, 4) is 6.07 Å². The molecule has 88 valence electrons. The highest BCUT2D eigenvalue weighted by molar-refractivity contribution is 7.12. The summed E-state index contributed by atoms with van der Waals surface area (Å²) in [6.07, 6.45) is 0. The molecule has 4 heteroatoms. The largest absolute Gasteiger partial charge is 0.465 e. The predicted molar refractivity (Wildman–Crippen MR) is 67.7 cm³/mol. The Labute approximate surface area is 105 Å². The molecule has 0 aliphatic heterocycles. The lowest BCUT2D eigenvalue weighted by Crippen LogP contribution is -2.16. The molecule has 2 aromatic rings. The Morgan fingerprint density at radius 1 is 1.41 bits per heavy atom. The van der Waals surface area contributed by atoms with Crippen molar-refractivity contribution in [2.24, 2.45) is 0 Å². The van der Waals surface area contributed by atoms with E-state index in [1.165, 1.54) is 11.3 Å². The van der Waals surface area contributed by atoms with Crippen LogP contribution in [0, 0.1) is 18.3 Å². The summed E-state index contributed by atoms with van der Waals surface area (Å²) in [7, 11) is 0. The molecule has 0 amide bonds.